The van der Waals surface area contributed by atoms with Crippen LogP contribution in [0.1, 0.15) is 32.6 Å². The van der Waals surface area contributed by atoms with Crippen LogP contribution in [0.25, 0.3) is 0 Å². The Hall–Kier alpha value is -0.820. The number of likely N-dealkylation sites (tertiary alicyclic amines) is 1. The molecule has 7 heteroatoms. The van der Waals surface area contributed by atoms with E-state index in [2.05, 4.69) is 27.4 Å². The van der Waals surface area contributed by atoms with Crippen LogP contribution in [0.15, 0.2) is 4.99 Å². The molecule has 2 atom stereocenters. The van der Waals surface area contributed by atoms with Crippen LogP contribution in [0, 0.1) is 5.92 Å². The third kappa shape index (κ3) is 4.35. The minimum Gasteiger partial charge on any atom is -0.357 e. The van der Waals surface area contributed by atoms with Gasteiger partial charge in [-0.15, -0.1) is 0 Å². The summed E-state index contributed by atoms with van der Waals surface area (Å²) in [4.78, 5) is 7.20. The zero-order valence-corrected chi connectivity index (χ0v) is 14.2. The molecular formula is C15H28N4O2S. The monoisotopic (exact) mass is 328 g/mol. The van der Waals surface area contributed by atoms with E-state index in [1.165, 1.54) is 25.8 Å². The van der Waals surface area contributed by atoms with Gasteiger partial charge in [0.2, 0.25) is 0 Å². The Bertz CT molecular complexity index is 516. The van der Waals surface area contributed by atoms with Crippen molar-refractivity contribution < 1.29 is 8.42 Å². The predicted molar refractivity (Wildman–Crippen MR) is 88.9 cm³/mol. The molecule has 0 aromatic carbocycles. The third-order valence-corrected chi connectivity index (χ3v) is 6.64. The number of hydrogen-bond acceptors (Lipinski definition) is 4. The molecule has 126 valence electrons. The molecule has 3 aliphatic rings. The lowest BCUT2D eigenvalue weighted by molar-refractivity contribution is 0.321. The number of hydrogen-bond donors (Lipinski definition) is 2. The Labute approximate surface area is 133 Å². The first-order valence-electron chi connectivity index (χ1n) is 8.55. The fourth-order valence-corrected chi connectivity index (χ4v) is 5.28. The van der Waals surface area contributed by atoms with E-state index in [0.717, 1.165) is 31.5 Å². The zero-order chi connectivity index (χ0) is 15.6. The highest BCUT2D eigenvalue weighted by atomic mass is 32.2. The molecule has 3 rings (SSSR count). The van der Waals surface area contributed by atoms with Crippen molar-refractivity contribution in [2.24, 2.45) is 10.9 Å². The average molecular weight is 328 g/mol. The molecule has 2 N–H and O–H groups in total. The molecule has 22 heavy (non-hydrogen) atoms. The molecule has 1 saturated carbocycles. The maximum atomic E-state index is 11.5. The summed E-state index contributed by atoms with van der Waals surface area (Å²) in [6, 6.07) is 1.29. The van der Waals surface area contributed by atoms with E-state index < -0.39 is 9.84 Å². The van der Waals surface area contributed by atoms with E-state index in [9.17, 15) is 8.42 Å². The number of sulfone groups is 1. The molecule has 0 aromatic rings. The van der Waals surface area contributed by atoms with Gasteiger partial charge in [-0.25, -0.2) is 8.42 Å². The van der Waals surface area contributed by atoms with Gasteiger partial charge in [-0.05, 0) is 38.5 Å². The van der Waals surface area contributed by atoms with E-state index in [1.54, 1.807) is 0 Å². The Kier molecular flexibility index (Phi) is 4.92. The lowest BCUT2D eigenvalue weighted by Crippen LogP contribution is -2.45. The van der Waals surface area contributed by atoms with Crippen molar-refractivity contribution in [2.45, 2.75) is 44.7 Å². The lowest BCUT2D eigenvalue weighted by Gasteiger charge is -2.19. The van der Waals surface area contributed by atoms with E-state index in [1.807, 2.05) is 0 Å². The van der Waals surface area contributed by atoms with Gasteiger partial charge in [0.25, 0.3) is 0 Å². The number of rotatable bonds is 5. The zero-order valence-electron chi connectivity index (χ0n) is 13.4. The van der Waals surface area contributed by atoms with Crippen LogP contribution in [-0.2, 0) is 9.84 Å². The smallest absolute Gasteiger partial charge is 0.191 e. The van der Waals surface area contributed by atoms with Gasteiger partial charge in [0.1, 0.15) is 0 Å². The standard InChI is InChI=1S/C15H28N4O2S/c1-2-16-15(17-9-12-6-8-22(20,21)11-12)18-13-5-7-19(10-13)14-3-4-14/h12-14H,2-11H2,1H3,(H2,16,17,18). The normalized spacial score (nSPS) is 32.3. The molecule has 2 heterocycles. The summed E-state index contributed by atoms with van der Waals surface area (Å²) in [5.41, 5.74) is 0. The van der Waals surface area contributed by atoms with Gasteiger partial charge in [-0.3, -0.25) is 9.89 Å². The predicted octanol–water partition coefficient (Wildman–Crippen LogP) is 0.213. The number of guanidine groups is 1. The second-order valence-electron chi connectivity index (χ2n) is 6.84. The second-order valence-corrected chi connectivity index (χ2v) is 9.07. The van der Waals surface area contributed by atoms with Crippen molar-refractivity contribution in [2.75, 3.05) is 37.7 Å². The molecular weight excluding hydrogens is 300 g/mol. The van der Waals surface area contributed by atoms with Gasteiger partial charge in [0.15, 0.2) is 15.8 Å². The van der Waals surface area contributed by atoms with E-state index in [0.29, 0.717) is 24.1 Å². The van der Waals surface area contributed by atoms with Crippen molar-refractivity contribution in [1.29, 1.82) is 0 Å². The van der Waals surface area contributed by atoms with Gasteiger partial charge >= 0.3 is 0 Å². The number of nitrogens with one attached hydrogen (secondary N) is 2. The Morgan fingerprint density at radius 3 is 2.73 bits per heavy atom. The highest BCUT2D eigenvalue weighted by Gasteiger charge is 2.34. The Morgan fingerprint density at radius 2 is 2.09 bits per heavy atom. The molecule has 3 fully saturated rings. The van der Waals surface area contributed by atoms with Gasteiger partial charge < -0.3 is 10.6 Å². The van der Waals surface area contributed by atoms with Crippen LogP contribution in [0.2, 0.25) is 0 Å². The first-order chi connectivity index (χ1) is 10.6. The summed E-state index contributed by atoms with van der Waals surface area (Å²) in [6.45, 7) is 5.78. The molecule has 6 nitrogen and oxygen atoms in total. The fraction of sp³-hybridized carbons (Fsp3) is 0.933. The van der Waals surface area contributed by atoms with Gasteiger partial charge in [-0.2, -0.15) is 0 Å². The van der Waals surface area contributed by atoms with Crippen molar-refractivity contribution in [3.63, 3.8) is 0 Å². The highest BCUT2D eigenvalue weighted by molar-refractivity contribution is 7.91. The van der Waals surface area contributed by atoms with Crippen LogP contribution in [0.3, 0.4) is 0 Å². The van der Waals surface area contributed by atoms with Crippen molar-refractivity contribution >= 4 is 15.8 Å². The van der Waals surface area contributed by atoms with E-state index in [4.69, 9.17) is 0 Å². The number of nitrogens with zero attached hydrogens (tertiary/aromatic N) is 2. The lowest BCUT2D eigenvalue weighted by atomic mass is 10.1. The van der Waals surface area contributed by atoms with Gasteiger partial charge in [0, 0.05) is 38.3 Å². The summed E-state index contributed by atoms with van der Waals surface area (Å²) in [6.07, 6.45) is 4.64. The fourth-order valence-electron chi connectivity index (χ4n) is 3.43. The van der Waals surface area contributed by atoms with Crippen LogP contribution in [0.5, 0.6) is 0 Å². The maximum absolute atomic E-state index is 11.5. The Balaban J connectivity index is 1.50. The van der Waals surface area contributed by atoms with Gasteiger partial charge in [-0.1, -0.05) is 0 Å². The summed E-state index contributed by atoms with van der Waals surface area (Å²) < 4.78 is 23.0. The van der Waals surface area contributed by atoms with Crippen LogP contribution in [-0.4, -0.2) is 69.0 Å². The first-order valence-corrected chi connectivity index (χ1v) is 10.4. The maximum Gasteiger partial charge on any atom is 0.191 e. The van der Waals surface area contributed by atoms with Crippen molar-refractivity contribution in [3.8, 4) is 0 Å². The summed E-state index contributed by atoms with van der Waals surface area (Å²) in [7, 11) is -2.80. The molecule has 0 amide bonds. The molecule has 2 saturated heterocycles. The summed E-state index contributed by atoms with van der Waals surface area (Å²) in [5, 5.41) is 6.81. The second kappa shape index (κ2) is 6.74. The van der Waals surface area contributed by atoms with E-state index in [-0.39, 0.29) is 5.92 Å². The molecule has 2 unspecified atom stereocenters. The summed E-state index contributed by atoms with van der Waals surface area (Å²) >= 11 is 0. The highest BCUT2D eigenvalue weighted by Crippen LogP contribution is 2.29. The third-order valence-electron chi connectivity index (χ3n) is 4.80. The molecule has 2 aliphatic heterocycles. The first kappa shape index (κ1) is 16.1. The minimum atomic E-state index is -2.80. The summed E-state index contributed by atoms with van der Waals surface area (Å²) in [5.74, 6) is 1.66. The van der Waals surface area contributed by atoms with Crippen LogP contribution < -0.4 is 10.6 Å². The van der Waals surface area contributed by atoms with Crippen LogP contribution >= 0.6 is 0 Å². The SMILES string of the molecule is CCNC(=NCC1CCS(=O)(=O)C1)NC1CCN(C2CC2)C1. The molecule has 0 bridgehead atoms. The average Bonchev–Trinajstić information content (AvgIpc) is 3.12. The molecule has 0 radical (unpaired) electrons. The Morgan fingerprint density at radius 1 is 1.27 bits per heavy atom. The quantitative estimate of drug-likeness (QED) is 0.558. The molecule has 0 spiro atoms. The van der Waals surface area contributed by atoms with Gasteiger partial charge in [0.05, 0.1) is 11.5 Å². The minimum absolute atomic E-state index is 0.187. The largest absolute Gasteiger partial charge is 0.357 e. The van der Waals surface area contributed by atoms with Crippen molar-refractivity contribution in [3.05, 3.63) is 0 Å². The number of aliphatic imine (C=N–C) groups is 1. The van der Waals surface area contributed by atoms with Crippen molar-refractivity contribution in [1.82, 2.24) is 15.5 Å². The van der Waals surface area contributed by atoms with E-state index >= 15 is 0 Å². The topological polar surface area (TPSA) is 73.8 Å². The van der Waals surface area contributed by atoms with Crippen LogP contribution in [0.4, 0.5) is 0 Å². The molecule has 1 aliphatic carbocycles. The molecule has 0 aromatic heterocycles.